The molecule has 7 heteroatoms. The topological polar surface area (TPSA) is 91.2 Å². The number of nitrogens with zero attached hydrogens (tertiary/aromatic N) is 1. The standard InChI is InChI=1S/C19H22ClN3O3/c1-2-26-19(25)13(11-21)12-22-15-8-9-17(20)16(10-15)18(24)23-14-6-4-3-5-7-14/h8-10,12,14,22H,2-7H2,1H3,(H,23,24)/b13-12+. The van der Waals surface area contributed by atoms with Crippen molar-refractivity contribution in [2.75, 3.05) is 11.9 Å². The van der Waals surface area contributed by atoms with Gasteiger partial charge in [0.1, 0.15) is 6.07 Å². The Hall–Kier alpha value is -2.52. The lowest BCUT2D eigenvalue weighted by Gasteiger charge is -2.23. The first-order chi connectivity index (χ1) is 12.5. The van der Waals surface area contributed by atoms with E-state index in [1.54, 1.807) is 31.2 Å². The summed E-state index contributed by atoms with van der Waals surface area (Å²) < 4.78 is 4.79. The predicted molar refractivity (Wildman–Crippen MR) is 99.7 cm³/mol. The van der Waals surface area contributed by atoms with E-state index in [2.05, 4.69) is 10.6 Å². The van der Waals surface area contributed by atoms with Crippen molar-refractivity contribution in [3.63, 3.8) is 0 Å². The van der Waals surface area contributed by atoms with Crippen molar-refractivity contribution in [3.05, 3.63) is 40.6 Å². The van der Waals surface area contributed by atoms with Crippen LogP contribution >= 0.6 is 11.6 Å². The number of nitrogens with one attached hydrogen (secondary N) is 2. The fourth-order valence-corrected chi connectivity index (χ4v) is 3.00. The summed E-state index contributed by atoms with van der Waals surface area (Å²) in [7, 11) is 0. The van der Waals surface area contributed by atoms with Crippen molar-refractivity contribution in [1.29, 1.82) is 5.26 Å². The Morgan fingerprint density at radius 3 is 2.73 bits per heavy atom. The van der Waals surface area contributed by atoms with E-state index in [9.17, 15) is 9.59 Å². The van der Waals surface area contributed by atoms with Crippen LogP contribution in [0.1, 0.15) is 49.4 Å². The largest absolute Gasteiger partial charge is 0.462 e. The Bertz CT molecular complexity index is 734. The molecule has 0 radical (unpaired) electrons. The van der Waals surface area contributed by atoms with Crippen LogP contribution in [0.5, 0.6) is 0 Å². The molecule has 1 aromatic rings. The molecule has 1 fully saturated rings. The SMILES string of the molecule is CCOC(=O)/C(C#N)=C/Nc1ccc(Cl)c(C(=O)NC2CCCCC2)c1. The quantitative estimate of drug-likeness (QED) is 0.448. The maximum Gasteiger partial charge on any atom is 0.350 e. The lowest BCUT2D eigenvalue weighted by molar-refractivity contribution is -0.138. The third-order valence-electron chi connectivity index (χ3n) is 4.15. The number of hydrogen-bond donors (Lipinski definition) is 2. The molecule has 0 spiro atoms. The van der Waals surface area contributed by atoms with Crippen molar-refractivity contribution in [2.45, 2.75) is 45.1 Å². The molecule has 0 unspecified atom stereocenters. The molecule has 0 atom stereocenters. The van der Waals surface area contributed by atoms with Crippen molar-refractivity contribution in [2.24, 2.45) is 0 Å². The summed E-state index contributed by atoms with van der Waals surface area (Å²) in [5.74, 6) is -0.924. The van der Waals surface area contributed by atoms with Crippen LogP contribution in [0.15, 0.2) is 30.0 Å². The van der Waals surface area contributed by atoms with Crippen molar-refractivity contribution in [1.82, 2.24) is 5.32 Å². The summed E-state index contributed by atoms with van der Waals surface area (Å²) >= 11 is 6.16. The van der Waals surface area contributed by atoms with Gasteiger partial charge in [0.05, 0.1) is 17.2 Å². The minimum atomic E-state index is -0.702. The van der Waals surface area contributed by atoms with E-state index in [1.165, 1.54) is 12.6 Å². The molecule has 0 heterocycles. The first-order valence-electron chi connectivity index (χ1n) is 8.69. The molecule has 0 saturated heterocycles. The number of benzene rings is 1. The van der Waals surface area contributed by atoms with Crippen molar-refractivity contribution < 1.29 is 14.3 Å². The number of nitriles is 1. The predicted octanol–water partition coefficient (Wildman–Crippen LogP) is 3.78. The number of halogens is 1. The Balaban J connectivity index is 2.09. The second-order valence-electron chi connectivity index (χ2n) is 6.04. The van der Waals surface area contributed by atoms with E-state index < -0.39 is 5.97 Å². The number of hydrogen-bond acceptors (Lipinski definition) is 5. The number of amides is 1. The normalized spacial score (nSPS) is 15.0. The van der Waals surface area contributed by atoms with Crippen LogP contribution in [-0.2, 0) is 9.53 Å². The highest BCUT2D eigenvalue weighted by Gasteiger charge is 2.18. The molecule has 6 nitrogen and oxygen atoms in total. The summed E-state index contributed by atoms with van der Waals surface area (Å²) in [6.07, 6.45) is 6.67. The summed E-state index contributed by atoms with van der Waals surface area (Å²) in [5.41, 5.74) is 0.737. The Morgan fingerprint density at radius 2 is 2.08 bits per heavy atom. The highest BCUT2D eigenvalue weighted by molar-refractivity contribution is 6.34. The smallest absolute Gasteiger partial charge is 0.350 e. The Morgan fingerprint density at radius 1 is 1.35 bits per heavy atom. The molecule has 138 valence electrons. The van der Waals surface area contributed by atoms with E-state index in [0.29, 0.717) is 16.3 Å². The average molecular weight is 376 g/mol. The van der Waals surface area contributed by atoms with E-state index in [-0.39, 0.29) is 24.1 Å². The van der Waals surface area contributed by atoms with Crippen LogP contribution in [0.25, 0.3) is 0 Å². The molecular weight excluding hydrogens is 354 g/mol. The summed E-state index contributed by atoms with van der Waals surface area (Å²) in [6.45, 7) is 1.85. The molecule has 1 aromatic carbocycles. The van der Waals surface area contributed by atoms with Gasteiger partial charge in [0.15, 0.2) is 5.57 Å². The zero-order chi connectivity index (χ0) is 18.9. The monoisotopic (exact) mass is 375 g/mol. The van der Waals surface area contributed by atoms with Crippen molar-refractivity contribution >= 4 is 29.2 Å². The molecule has 0 bridgehead atoms. The summed E-state index contributed by atoms with van der Waals surface area (Å²) in [5, 5.41) is 15.2. The molecule has 2 N–H and O–H groups in total. The molecule has 0 aromatic heterocycles. The number of esters is 1. The maximum absolute atomic E-state index is 12.5. The van der Waals surface area contributed by atoms with Gasteiger partial charge < -0.3 is 15.4 Å². The Kier molecular flexibility index (Phi) is 7.49. The number of rotatable bonds is 6. The minimum Gasteiger partial charge on any atom is -0.462 e. The van der Waals surface area contributed by atoms with E-state index in [0.717, 1.165) is 25.7 Å². The van der Waals surface area contributed by atoms with E-state index in [4.69, 9.17) is 21.6 Å². The van der Waals surface area contributed by atoms with Gasteiger partial charge >= 0.3 is 5.97 Å². The average Bonchev–Trinajstić information content (AvgIpc) is 2.64. The van der Waals surface area contributed by atoms with Gasteiger partial charge in [-0.3, -0.25) is 4.79 Å². The Labute approximate surface area is 158 Å². The van der Waals surface area contributed by atoms with Gasteiger partial charge in [0.25, 0.3) is 5.91 Å². The van der Waals surface area contributed by atoms with Crippen LogP contribution in [0, 0.1) is 11.3 Å². The lowest BCUT2D eigenvalue weighted by Crippen LogP contribution is -2.36. The fourth-order valence-electron chi connectivity index (χ4n) is 2.80. The molecule has 26 heavy (non-hydrogen) atoms. The van der Waals surface area contributed by atoms with Gasteiger partial charge in [-0.15, -0.1) is 0 Å². The molecule has 1 amide bonds. The summed E-state index contributed by atoms with van der Waals surface area (Å²) in [6, 6.07) is 6.82. The van der Waals surface area contributed by atoms with E-state index in [1.807, 2.05) is 0 Å². The van der Waals surface area contributed by atoms with Crippen LogP contribution in [-0.4, -0.2) is 24.5 Å². The van der Waals surface area contributed by atoms with Crippen LogP contribution in [0.2, 0.25) is 5.02 Å². The third-order valence-corrected chi connectivity index (χ3v) is 4.48. The molecule has 1 aliphatic rings. The first kappa shape index (κ1) is 19.8. The zero-order valence-corrected chi connectivity index (χ0v) is 15.4. The van der Waals surface area contributed by atoms with Gasteiger partial charge in [0.2, 0.25) is 0 Å². The van der Waals surface area contributed by atoms with Gasteiger partial charge in [-0.05, 0) is 38.0 Å². The van der Waals surface area contributed by atoms with Gasteiger partial charge in [-0.2, -0.15) is 5.26 Å². The highest BCUT2D eigenvalue weighted by Crippen LogP contribution is 2.23. The maximum atomic E-state index is 12.5. The summed E-state index contributed by atoms with van der Waals surface area (Å²) in [4.78, 5) is 24.1. The van der Waals surface area contributed by atoms with Gasteiger partial charge in [0, 0.05) is 17.9 Å². The molecule has 2 rings (SSSR count). The number of carbonyl (C=O) groups excluding carboxylic acids is 2. The van der Waals surface area contributed by atoms with Crippen LogP contribution in [0.4, 0.5) is 5.69 Å². The molecule has 1 aliphatic carbocycles. The third kappa shape index (κ3) is 5.50. The molecular formula is C19H22ClN3O3. The van der Waals surface area contributed by atoms with Gasteiger partial charge in [-0.25, -0.2) is 4.79 Å². The second kappa shape index (κ2) is 9.83. The number of anilines is 1. The molecule has 0 aliphatic heterocycles. The van der Waals surface area contributed by atoms with Crippen LogP contribution in [0.3, 0.4) is 0 Å². The van der Waals surface area contributed by atoms with Gasteiger partial charge in [-0.1, -0.05) is 30.9 Å². The van der Waals surface area contributed by atoms with Crippen molar-refractivity contribution in [3.8, 4) is 6.07 Å². The molecule has 1 saturated carbocycles. The second-order valence-corrected chi connectivity index (χ2v) is 6.44. The van der Waals surface area contributed by atoms with E-state index >= 15 is 0 Å². The fraction of sp³-hybridized carbons (Fsp3) is 0.421. The zero-order valence-electron chi connectivity index (χ0n) is 14.7. The number of ether oxygens (including phenoxy) is 1. The number of carbonyl (C=O) groups is 2. The lowest BCUT2D eigenvalue weighted by atomic mass is 9.95. The minimum absolute atomic E-state index is 0.157. The first-order valence-corrected chi connectivity index (χ1v) is 9.07. The highest BCUT2D eigenvalue weighted by atomic mass is 35.5. The van der Waals surface area contributed by atoms with Crippen LogP contribution < -0.4 is 10.6 Å².